The largest absolute Gasteiger partial charge is 0.476 e. The van der Waals surface area contributed by atoms with Crippen LogP contribution >= 0.6 is 0 Å². The molecule has 2 aromatic rings. The Bertz CT molecular complexity index is 941. The van der Waals surface area contributed by atoms with Crippen LogP contribution in [-0.2, 0) is 17.5 Å². The molecule has 1 aliphatic heterocycles. The molecule has 0 aromatic heterocycles. The summed E-state index contributed by atoms with van der Waals surface area (Å²) in [5.41, 5.74) is -0.0117. The van der Waals surface area contributed by atoms with Gasteiger partial charge in [0.05, 0.1) is 17.8 Å². The van der Waals surface area contributed by atoms with Gasteiger partial charge in [-0.25, -0.2) is 5.48 Å². The van der Waals surface area contributed by atoms with Crippen LogP contribution in [0.3, 0.4) is 0 Å². The monoisotopic (exact) mass is 394 g/mol. The maximum absolute atomic E-state index is 13.0. The Labute approximate surface area is 158 Å². The summed E-state index contributed by atoms with van der Waals surface area (Å²) in [6.45, 7) is 2.95. The fourth-order valence-electron chi connectivity index (χ4n) is 2.96. The van der Waals surface area contributed by atoms with Crippen molar-refractivity contribution < 1.29 is 32.7 Å². The average Bonchev–Trinajstić information content (AvgIpc) is 2.64. The van der Waals surface area contributed by atoms with Gasteiger partial charge in [0.15, 0.2) is 5.60 Å². The van der Waals surface area contributed by atoms with E-state index in [1.54, 1.807) is 13.8 Å². The van der Waals surface area contributed by atoms with E-state index >= 15 is 0 Å². The lowest BCUT2D eigenvalue weighted by atomic mass is 10.0. The summed E-state index contributed by atoms with van der Waals surface area (Å²) in [7, 11) is 0. The highest BCUT2D eigenvalue weighted by molar-refractivity contribution is 6.04. The molecule has 3 rings (SSSR count). The lowest BCUT2D eigenvalue weighted by Crippen LogP contribution is -2.52. The van der Waals surface area contributed by atoms with Crippen LogP contribution in [0.2, 0.25) is 0 Å². The summed E-state index contributed by atoms with van der Waals surface area (Å²) in [5, 5.41) is 8.82. The Balaban J connectivity index is 2.05. The second kappa shape index (κ2) is 6.83. The van der Waals surface area contributed by atoms with Gasteiger partial charge in [0.25, 0.3) is 11.8 Å². The third-order valence-corrected chi connectivity index (χ3v) is 4.33. The summed E-state index contributed by atoms with van der Waals surface area (Å²) >= 11 is 0. The molecule has 0 spiro atoms. The third-order valence-electron chi connectivity index (χ3n) is 4.33. The Hall–Kier alpha value is -3.07. The number of carbonyl (C=O) groups is 2. The summed E-state index contributed by atoms with van der Waals surface area (Å²) < 4.78 is 44.7. The van der Waals surface area contributed by atoms with Crippen LogP contribution in [0, 0.1) is 0 Å². The zero-order valence-electron chi connectivity index (χ0n) is 15.0. The molecule has 2 N–H and O–H groups in total. The molecule has 9 heteroatoms. The lowest BCUT2D eigenvalue weighted by molar-refractivity contribution is -0.137. The molecule has 0 atom stereocenters. The summed E-state index contributed by atoms with van der Waals surface area (Å²) in [4.78, 5) is 25.8. The average molecular weight is 394 g/mol. The molecule has 2 aromatic carbocycles. The van der Waals surface area contributed by atoms with Crippen molar-refractivity contribution in [3.63, 3.8) is 0 Å². The van der Waals surface area contributed by atoms with E-state index < -0.39 is 29.2 Å². The lowest BCUT2D eigenvalue weighted by Gasteiger charge is -2.39. The second-order valence-corrected chi connectivity index (χ2v) is 6.83. The maximum atomic E-state index is 13.0. The second-order valence-electron chi connectivity index (χ2n) is 6.83. The summed E-state index contributed by atoms with van der Waals surface area (Å²) in [5.74, 6) is -0.968. The quantitative estimate of drug-likeness (QED) is 0.617. The summed E-state index contributed by atoms with van der Waals surface area (Å²) in [6, 6.07) is 8.87. The van der Waals surface area contributed by atoms with Gasteiger partial charge in [-0.3, -0.25) is 14.8 Å². The van der Waals surface area contributed by atoms with Crippen molar-refractivity contribution in [2.75, 3.05) is 4.90 Å². The van der Waals surface area contributed by atoms with Gasteiger partial charge in [-0.2, -0.15) is 13.2 Å². The number of fused-ring (bicyclic) bond motifs is 1. The van der Waals surface area contributed by atoms with E-state index in [9.17, 15) is 22.8 Å². The van der Waals surface area contributed by atoms with Gasteiger partial charge in [0.2, 0.25) is 0 Å². The van der Waals surface area contributed by atoms with E-state index in [4.69, 9.17) is 9.94 Å². The molecule has 0 unspecified atom stereocenters. The van der Waals surface area contributed by atoms with E-state index in [1.807, 2.05) is 0 Å². The number of hydroxylamine groups is 1. The topological polar surface area (TPSA) is 78.9 Å². The van der Waals surface area contributed by atoms with Crippen molar-refractivity contribution in [1.82, 2.24) is 5.48 Å². The van der Waals surface area contributed by atoms with Crippen LogP contribution in [0.1, 0.15) is 35.3 Å². The number of nitrogens with one attached hydrogen (secondary N) is 1. The van der Waals surface area contributed by atoms with E-state index in [-0.39, 0.29) is 23.4 Å². The molecule has 148 valence electrons. The molecule has 0 saturated heterocycles. The molecular weight excluding hydrogens is 377 g/mol. The minimum atomic E-state index is -4.51. The van der Waals surface area contributed by atoms with E-state index in [0.29, 0.717) is 5.75 Å². The van der Waals surface area contributed by atoms with Crippen molar-refractivity contribution in [2.45, 2.75) is 32.2 Å². The number of anilines is 1. The zero-order chi connectivity index (χ0) is 20.7. The molecule has 0 bridgehead atoms. The minimum absolute atomic E-state index is 0.0615. The van der Waals surface area contributed by atoms with E-state index in [2.05, 4.69) is 0 Å². The fraction of sp³-hybridized carbons (Fsp3) is 0.263. The Kier molecular flexibility index (Phi) is 4.80. The molecule has 1 aliphatic rings. The Morgan fingerprint density at radius 1 is 1.21 bits per heavy atom. The number of rotatable bonds is 3. The molecule has 0 fully saturated rings. The first kappa shape index (κ1) is 19.7. The number of amides is 2. The van der Waals surface area contributed by atoms with Gasteiger partial charge < -0.3 is 9.64 Å². The molecule has 0 saturated carbocycles. The molecule has 1 heterocycles. The maximum Gasteiger partial charge on any atom is 0.416 e. The number of carbonyl (C=O) groups excluding carboxylic acids is 2. The van der Waals surface area contributed by atoms with Crippen molar-refractivity contribution in [2.24, 2.45) is 0 Å². The normalized spacial score (nSPS) is 15.6. The van der Waals surface area contributed by atoms with Gasteiger partial charge in [-0.15, -0.1) is 0 Å². The highest BCUT2D eigenvalue weighted by atomic mass is 19.4. The predicted octanol–water partition coefficient (Wildman–Crippen LogP) is 3.53. The van der Waals surface area contributed by atoms with Crippen LogP contribution < -0.4 is 15.1 Å². The fourth-order valence-corrected chi connectivity index (χ4v) is 2.96. The van der Waals surface area contributed by atoms with Crippen LogP contribution in [0.4, 0.5) is 18.9 Å². The van der Waals surface area contributed by atoms with Gasteiger partial charge >= 0.3 is 6.18 Å². The molecule has 6 nitrogen and oxygen atoms in total. The first-order chi connectivity index (χ1) is 13.0. The van der Waals surface area contributed by atoms with Crippen LogP contribution in [0.15, 0.2) is 42.5 Å². The summed E-state index contributed by atoms with van der Waals surface area (Å²) in [6.07, 6.45) is -4.51. The number of nitrogens with zero attached hydrogens (tertiary/aromatic N) is 1. The smallest absolute Gasteiger partial charge is 0.416 e. The number of ether oxygens (including phenoxy) is 1. The number of halogens is 3. The standard InChI is InChI=1S/C19H17F3N2O4/c1-18(2)17(26)24(10-11-4-3-5-13(8-11)19(20,21)22)14-9-12(16(25)23-27)6-7-15(14)28-18/h3-9,27H,10H2,1-2H3,(H,23,25). The minimum Gasteiger partial charge on any atom is -0.476 e. The van der Waals surface area contributed by atoms with Gasteiger partial charge in [-0.05, 0) is 49.7 Å². The van der Waals surface area contributed by atoms with E-state index in [0.717, 1.165) is 12.1 Å². The van der Waals surface area contributed by atoms with Crippen molar-refractivity contribution in [1.29, 1.82) is 0 Å². The van der Waals surface area contributed by atoms with Gasteiger partial charge in [0, 0.05) is 5.56 Å². The van der Waals surface area contributed by atoms with E-state index in [1.165, 1.54) is 40.7 Å². The molecule has 28 heavy (non-hydrogen) atoms. The molecular formula is C19H17F3N2O4. The number of hydrogen-bond donors (Lipinski definition) is 2. The van der Waals surface area contributed by atoms with Gasteiger partial charge in [-0.1, -0.05) is 12.1 Å². The van der Waals surface area contributed by atoms with Crippen molar-refractivity contribution >= 4 is 17.5 Å². The highest BCUT2D eigenvalue weighted by Crippen LogP contribution is 2.39. The SMILES string of the molecule is CC1(C)Oc2ccc(C(=O)NO)cc2N(Cc2cccc(C(F)(F)F)c2)C1=O. The van der Waals surface area contributed by atoms with Crippen LogP contribution in [-0.4, -0.2) is 22.6 Å². The number of hydrogen-bond acceptors (Lipinski definition) is 4. The zero-order valence-corrected chi connectivity index (χ0v) is 15.0. The van der Waals surface area contributed by atoms with Crippen molar-refractivity contribution in [3.05, 3.63) is 59.2 Å². The first-order valence-electron chi connectivity index (χ1n) is 8.28. The van der Waals surface area contributed by atoms with Crippen LogP contribution in [0.25, 0.3) is 0 Å². The first-order valence-corrected chi connectivity index (χ1v) is 8.28. The predicted molar refractivity (Wildman–Crippen MR) is 93.0 cm³/mol. The molecule has 0 radical (unpaired) electrons. The van der Waals surface area contributed by atoms with Crippen LogP contribution in [0.5, 0.6) is 5.75 Å². The highest BCUT2D eigenvalue weighted by Gasteiger charge is 2.41. The number of alkyl halides is 3. The molecule has 0 aliphatic carbocycles. The Morgan fingerprint density at radius 2 is 1.93 bits per heavy atom. The Morgan fingerprint density at radius 3 is 2.57 bits per heavy atom. The van der Waals surface area contributed by atoms with Gasteiger partial charge in [0.1, 0.15) is 5.75 Å². The third kappa shape index (κ3) is 3.65. The number of benzene rings is 2. The van der Waals surface area contributed by atoms with Crippen molar-refractivity contribution in [3.8, 4) is 5.75 Å². The molecule has 2 amide bonds.